The first kappa shape index (κ1) is 17.4. The Labute approximate surface area is 153 Å². The monoisotopic (exact) mass is 400 g/mol. The highest BCUT2D eigenvalue weighted by molar-refractivity contribution is 9.10. The Kier molecular flexibility index (Phi) is 4.99. The van der Waals surface area contributed by atoms with E-state index in [1.807, 2.05) is 26.0 Å². The Morgan fingerprint density at radius 1 is 1.16 bits per heavy atom. The molecular formula is C19H17BrN2O3. The van der Waals surface area contributed by atoms with Gasteiger partial charge in [-0.2, -0.15) is 5.10 Å². The second-order valence-electron chi connectivity index (χ2n) is 5.77. The third-order valence-electron chi connectivity index (χ3n) is 3.99. The number of esters is 1. The maximum absolute atomic E-state index is 12.7. The Hall–Kier alpha value is -2.47. The molecule has 2 heterocycles. The number of ketones is 1. The van der Waals surface area contributed by atoms with Gasteiger partial charge in [-0.05, 0) is 49.7 Å². The Bertz CT molecular complexity index is 931. The summed E-state index contributed by atoms with van der Waals surface area (Å²) >= 11 is 3.36. The van der Waals surface area contributed by atoms with Gasteiger partial charge in [-0.25, -0.2) is 9.31 Å². The summed E-state index contributed by atoms with van der Waals surface area (Å²) in [6.07, 6.45) is 3.71. The van der Waals surface area contributed by atoms with Crippen molar-refractivity contribution in [3.8, 4) is 0 Å². The van der Waals surface area contributed by atoms with Crippen LogP contribution in [-0.2, 0) is 4.74 Å². The number of carbonyl (C=O) groups excluding carboxylic acids is 2. The van der Waals surface area contributed by atoms with E-state index in [0.29, 0.717) is 22.2 Å². The lowest BCUT2D eigenvalue weighted by Crippen LogP contribution is -2.14. The molecule has 0 saturated carbocycles. The van der Waals surface area contributed by atoms with Crippen molar-refractivity contribution in [2.75, 3.05) is 0 Å². The average Bonchev–Trinajstić information content (AvgIpc) is 3.04. The number of pyridine rings is 1. The van der Waals surface area contributed by atoms with Gasteiger partial charge in [-0.1, -0.05) is 22.9 Å². The fourth-order valence-electron chi connectivity index (χ4n) is 2.37. The van der Waals surface area contributed by atoms with Crippen LogP contribution in [0, 0.1) is 0 Å². The molecule has 3 rings (SSSR count). The average molecular weight is 401 g/mol. The first-order valence-electron chi connectivity index (χ1n) is 7.98. The molecule has 3 aromatic rings. The van der Waals surface area contributed by atoms with Gasteiger partial charge in [-0.15, -0.1) is 0 Å². The number of ether oxygens (including phenoxy) is 1. The number of nitrogens with zero attached hydrogens (tertiary/aromatic N) is 2. The van der Waals surface area contributed by atoms with Crippen LogP contribution in [0.5, 0.6) is 0 Å². The fourth-order valence-corrected chi connectivity index (χ4v) is 2.64. The summed E-state index contributed by atoms with van der Waals surface area (Å²) in [6.45, 7) is 3.80. The fraction of sp³-hybridized carbons (Fsp3) is 0.211. The molecule has 25 heavy (non-hydrogen) atoms. The topological polar surface area (TPSA) is 60.7 Å². The zero-order valence-corrected chi connectivity index (χ0v) is 15.5. The molecule has 1 atom stereocenters. The lowest BCUT2D eigenvalue weighted by atomic mass is 10.0. The molecule has 6 heteroatoms. The van der Waals surface area contributed by atoms with E-state index in [4.69, 9.17) is 4.74 Å². The Balaban J connectivity index is 1.91. The molecule has 0 radical (unpaired) electrons. The quantitative estimate of drug-likeness (QED) is 0.473. The molecule has 0 aliphatic rings. The molecule has 128 valence electrons. The van der Waals surface area contributed by atoms with E-state index in [-0.39, 0.29) is 11.9 Å². The molecule has 0 spiro atoms. The molecule has 0 saturated heterocycles. The number of aromatic nitrogens is 2. The van der Waals surface area contributed by atoms with E-state index < -0.39 is 5.97 Å². The van der Waals surface area contributed by atoms with Crippen LogP contribution in [0.1, 0.15) is 46.5 Å². The van der Waals surface area contributed by atoms with Crippen LogP contribution in [0.4, 0.5) is 0 Å². The largest absolute Gasteiger partial charge is 0.459 e. The first-order chi connectivity index (χ1) is 12.0. The predicted molar refractivity (Wildman–Crippen MR) is 97.9 cm³/mol. The summed E-state index contributed by atoms with van der Waals surface area (Å²) in [7, 11) is 0. The molecule has 1 unspecified atom stereocenters. The van der Waals surface area contributed by atoms with E-state index in [2.05, 4.69) is 21.0 Å². The molecule has 0 N–H and O–H groups in total. The van der Waals surface area contributed by atoms with Gasteiger partial charge in [0.05, 0.1) is 28.9 Å². The summed E-state index contributed by atoms with van der Waals surface area (Å²) in [5.74, 6) is -0.509. The van der Waals surface area contributed by atoms with Gasteiger partial charge in [0.2, 0.25) is 0 Å². The molecule has 1 aromatic carbocycles. The van der Waals surface area contributed by atoms with Crippen LogP contribution in [0.15, 0.2) is 53.3 Å². The van der Waals surface area contributed by atoms with Crippen molar-refractivity contribution in [3.05, 3.63) is 70.0 Å². The van der Waals surface area contributed by atoms with Crippen LogP contribution < -0.4 is 0 Å². The van der Waals surface area contributed by atoms with Gasteiger partial charge in [0.1, 0.15) is 0 Å². The van der Waals surface area contributed by atoms with E-state index in [0.717, 1.165) is 10.9 Å². The Morgan fingerprint density at radius 3 is 2.52 bits per heavy atom. The Morgan fingerprint density at radius 2 is 1.84 bits per heavy atom. The molecule has 2 aromatic heterocycles. The minimum Gasteiger partial charge on any atom is -0.459 e. The number of hydrogen-bond donors (Lipinski definition) is 0. The minimum absolute atomic E-state index is 0.113. The number of hydrogen-bond acceptors (Lipinski definition) is 4. The van der Waals surface area contributed by atoms with E-state index in [1.54, 1.807) is 30.5 Å². The smallest absolute Gasteiger partial charge is 0.339 e. The zero-order chi connectivity index (χ0) is 18.0. The van der Waals surface area contributed by atoms with Crippen molar-refractivity contribution < 1.29 is 14.3 Å². The highest BCUT2D eigenvalue weighted by atomic mass is 79.9. The normalized spacial score (nSPS) is 12.1. The number of halogens is 1. The van der Waals surface area contributed by atoms with Crippen LogP contribution >= 0.6 is 15.9 Å². The van der Waals surface area contributed by atoms with Crippen molar-refractivity contribution in [2.45, 2.75) is 26.4 Å². The number of fused-ring (bicyclic) bond motifs is 1. The second kappa shape index (κ2) is 7.19. The van der Waals surface area contributed by atoms with Gasteiger partial charge in [0.25, 0.3) is 0 Å². The van der Waals surface area contributed by atoms with E-state index >= 15 is 0 Å². The second-order valence-corrected chi connectivity index (χ2v) is 6.68. The van der Waals surface area contributed by atoms with Crippen molar-refractivity contribution in [1.29, 1.82) is 0 Å². The van der Waals surface area contributed by atoms with Gasteiger partial charge in [0, 0.05) is 16.2 Å². The summed E-state index contributed by atoms with van der Waals surface area (Å²) in [5, 5.41) is 4.20. The molecule has 0 aliphatic heterocycles. The van der Waals surface area contributed by atoms with Gasteiger partial charge in [0.15, 0.2) is 5.78 Å². The highest BCUT2D eigenvalue weighted by Crippen LogP contribution is 2.19. The number of carbonyl (C=O) groups is 2. The molecular weight excluding hydrogens is 384 g/mol. The van der Waals surface area contributed by atoms with Gasteiger partial charge in [-0.3, -0.25) is 4.79 Å². The standard InChI is InChI=1S/C19H17BrN2O3/c1-3-12(2)25-19(24)14-6-9-17-16(10-21-22(17)11-14)18(23)13-4-7-15(20)8-5-13/h4-12H,3H2,1-2H3. The van der Waals surface area contributed by atoms with Crippen LogP contribution in [0.25, 0.3) is 5.52 Å². The van der Waals surface area contributed by atoms with Crippen LogP contribution in [0.2, 0.25) is 0 Å². The first-order valence-corrected chi connectivity index (χ1v) is 8.77. The minimum atomic E-state index is -0.396. The van der Waals surface area contributed by atoms with Crippen molar-refractivity contribution in [3.63, 3.8) is 0 Å². The van der Waals surface area contributed by atoms with Gasteiger partial charge < -0.3 is 4.74 Å². The maximum atomic E-state index is 12.7. The molecule has 0 aliphatic carbocycles. The summed E-state index contributed by atoms with van der Waals surface area (Å²) < 4.78 is 7.76. The molecule has 0 bridgehead atoms. The van der Waals surface area contributed by atoms with Gasteiger partial charge >= 0.3 is 5.97 Å². The molecule has 0 fully saturated rings. The zero-order valence-electron chi connectivity index (χ0n) is 13.9. The maximum Gasteiger partial charge on any atom is 0.339 e. The number of benzene rings is 1. The summed E-state index contributed by atoms with van der Waals surface area (Å²) in [6, 6.07) is 10.5. The highest BCUT2D eigenvalue weighted by Gasteiger charge is 2.17. The predicted octanol–water partition coefficient (Wildman–Crippen LogP) is 4.28. The SMILES string of the molecule is CCC(C)OC(=O)c1ccc2c(C(=O)c3ccc(Br)cc3)cnn2c1. The lowest BCUT2D eigenvalue weighted by molar-refractivity contribution is 0.0333. The van der Waals surface area contributed by atoms with E-state index in [1.165, 1.54) is 10.7 Å². The van der Waals surface area contributed by atoms with Crippen molar-refractivity contribution >= 4 is 33.2 Å². The molecule has 0 amide bonds. The molecule has 5 nitrogen and oxygen atoms in total. The number of rotatable bonds is 5. The summed E-state index contributed by atoms with van der Waals surface area (Å²) in [5.41, 5.74) is 2.12. The van der Waals surface area contributed by atoms with Crippen molar-refractivity contribution in [2.24, 2.45) is 0 Å². The van der Waals surface area contributed by atoms with Crippen molar-refractivity contribution in [1.82, 2.24) is 9.61 Å². The van der Waals surface area contributed by atoms with Crippen LogP contribution in [-0.4, -0.2) is 27.5 Å². The van der Waals surface area contributed by atoms with Crippen LogP contribution in [0.3, 0.4) is 0 Å². The van der Waals surface area contributed by atoms with E-state index in [9.17, 15) is 9.59 Å². The summed E-state index contributed by atoms with van der Waals surface area (Å²) in [4.78, 5) is 24.8. The lowest BCUT2D eigenvalue weighted by Gasteiger charge is -2.10. The third-order valence-corrected chi connectivity index (χ3v) is 4.51. The third kappa shape index (κ3) is 3.64.